The Kier molecular flexibility index (Phi) is 4.04. The normalized spacial score (nSPS) is 10.5. The van der Waals surface area contributed by atoms with Crippen molar-refractivity contribution in [2.24, 2.45) is 0 Å². The second kappa shape index (κ2) is 5.57. The van der Waals surface area contributed by atoms with E-state index in [0.29, 0.717) is 6.42 Å². The Balaban J connectivity index is 2.10. The van der Waals surface area contributed by atoms with Gasteiger partial charge in [0.2, 0.25) is 5.91 Å². The summed E-state index contributed by atoms with van der Waals surface area (Å²) in [5, 5.41) is 9.88. The van der Waals surface area contributed by atoms with Crippen molar-refractivity contribution in [1.29, 1.82) is 0 Å². The molecule has 0 saturated carbocycles. The number of aromatic amines is 1. The molecule has 19 heavy (non-hydrogen) atoms. The molecule has 0 aliphatic rings. The highest BCUT2D eigenvalue weighted by Gasteiger charge is 2.12. The van der Waals surface area contributed by atoms with Gasteiger partial charge in [0.15, 0.2) is 0 Å². The molecule has 0 aliphatic heterocycles. The van der Waals surface area contributed by atoms with Crippen LogP contribution >= 0.6 is 15.9 Å². The molecular formula is C14H16BrN3O. The largest absolute Gasteiger partial charge is 0.325 e. The molecule has 100 valence electrons. The summed E-state index contributed by atoms with van der Waals surface area (Å²) >= 11 is 3.45. The summed E-state index contributed by atoms with van der Waals surface area (Å²) < 4.78 is 0.890. The zero-order valence-electron chi connectivity index (χ0n) is 11.2. The van der Waals surface area contributed by atoms with Crippen LogP contribution in [0, 0.1) is 20.8 Å². The van der Waals surface area contributed by atoms with Gasteiger partial charge < -0.3 is 5.32 Å². The average Bonchev–Trinajstić information content (AvgIpc) is 2.65. The highest BCUT2D eigenvalue weighted by molar-refractivity contribution is 9.10. The second-order valence-electron chi connectivity index (χ2n) is 4.62. The maximum absolute atomic E-state index is 12.0. The van der Waals surface area contributed by atoms with Gasteiger partial charge in [-0.25, -0.2) is 0 Å². The van der Waals surface area contributed by atoms with E-state index < -0.39 is 0 Å². The van der Waals surface area contributed by atoms with Crippen LogP contribution in [0.15, 0.2) is 22.7 Å². The van der Waals surface area contributed by atoms with E-state index in [2.05, 4.69) is 31.4 Å². The molecule has 0 atom stereocenters. The fraction of sp³-hybridized carbons (Fsp3) is 0.286. The Hall–Kier alpha value is -1.62. The molecule has 4 nitrogen and oxygen atoms in total. The topological polar surface area (TPSA) is 57.8 Å². The first-order chi connectivity index (χ1) is 8.97. The van der Waals surface area contributed by atoms with Crippen molar-refractivity contribution < 1.29 is 4.79 Å². The molecular weight excluding hydrogens is 306 g/mol. The molecule has 0 unspecified atom stereocenters. The number of hydrogen-bond acceptors (Lipinski definition) is 2. The number of rotatable bonds is 3. The Morgan fingerprint density at radius 1 is 1.37 bits per heavy atom. The van der Waals surface area contributed by atoms with Gasteiger partial charge in [0.1, 0.15) is 0 Å². The van der Waals surface area contributed by atoms with Crippen LogP contribution in [-0.4, -0.2) is 16.1 Å². The highest BCUT2D eigenvalue weighted by atomic mass is 79.9. The van der Waals surface area contributed by atoms with Crippen LogP contribution in [0.3, 0.4) is 0 Å². The van der Waals surface area contributed by atoms with Crippen molar-refractivity contribution in [3.8, 4) is 0 Å². The average molecular weight is 322 g/mol. The Bertz CT molecular complexity index is 600. The summed E-state index contributed by atoms with van der Waals surface area (Å²) in [6.45, 7) is 5.83. The number of carbonyl (C=O) groups excluding carboxylic acids is 1. The molecule has 0 saturated heterocycles. The number of anilines is 1. The minimum absolute atomic E-state index is 0.0443. The van der Waals surface area contributed by atoms with Crippen LogP contribution in [0.4, 0.5) is 5.69 Å². The number of aromatic nitrogens is 2. The molecule has 1 aromatic carbocycles. The highest BCUT2D eigenvalue weighted by Crippen LogP contribution is 2.23. The van der Waals surface area contributed by atoms with Gasteiger partial charge in [-0.3, -0.25) is 9.89 Å². The fourth-order valence-corrected chi connectivity index (χ4v) is 2.50. The smallest absolute Gasteiger partial charge is 0.228 e. The third kappa shape index (κ3) is 3.23. The lowest BCUT2D eigenvalue weighted by atomic mass is 10.1. The number of hydrogen-bond donors (Lipinski definition) is 2. The number of nitrogens with one attached hydrogen (secondary N) is 2. The van der Waals surface area contributed by atoms with Crippen molar-refractivity contribution in [3.05, 3.63) is 45.2 Å². The summed E-state index contributed by atoms with van der Waals surface area (Å²) in [6, 6.07) is 5.84. The number of H-pyrrole nitrogens is 1. The molecule has 2 aromatic rings. The fourth-order valence-electron chi connectivity index (χ4n) is 1.91. The molecule has 2 N–H and O–H groups in total. The van der Waals surface area contributed by atoms with Gasteiger partial charge in [-0.05, 0) is 54.4 Å². The first-order valence-electron chi connectivity index (χ1n) is 6.04. The van der Waals surface area contributed by atoms with Crippen molar-refractivity contribution in [3.63, 3.8) is 0 Å². The van der Waals surface area contributed by atoms with Crippen molar-refractivity contribution in [2.75, 3.05) is 5.32 Å². The maximum atomic E-state index is 12.0. The van der Waals surface area contributed by atoms with Gasteiger partial charge in [-0.15, -0.1) is 0 Å². The lowest BCUT2D eigenvalue weighted by molar-refractivity contribution is -0.115. The predicted octanol–water partition coefficient (Wildman–Crippen LogP) is 3.28. The molecule has 5 heteroatoms. The molecule has 1 amide bonds. The molecule has 0 aliphatic carbocycles. The summed E-state index contributed by atoms with van der Waals surface area (Å²) in [7, 11) is 0. The monoisotopic (exact) mass is 321 g/mol. The van der Waals surface area contributed by atoms with Gasteiger partial charge in [0.25, 0.3) is 0 Å². The molecule has 0 bridgehead atoms. The second-order valence-corrected chi connectivity index (χ2v) is 5.48. The van der Waals surface area contributed by atoms with E-state index in [1.807, 2.05) is 39.0 Å². The van der Waals surface area contributed by atoms with E-state index in [-0.39, 0.29) is 5.91 Å². The van der Waals surface area contributed by atoms with Gasteiger partial charge in [-0.1, -0.05) is 6.07 Å². The number of halogens is 1. The number of carbonyl (C=O) groups is 1. The first kappa shape index (κ1) is 13.8. The van der Waals surface area contributed by atoms with E-state index in [9.17, 15) is 4.79 Å². The van der Waals surface area contributed by atoms with Crippen molar-refractivity contribution in [1.82, 2.24) is 10.2 Å². The summed E-state index contributed by atoms with van der Waals surface area (Å²) in [5.74, 6) is -0.0443. The van der Waals surface area contributed by atoms with Crippen LogP contribution in [0.5, 0.6) is 0 Å². The zero-order valence-corrected chi connectivity index (χ0v) is 12.8. The molecule has 0 radical (unpaired) electrons. The number of nitrogens with zero attached hydrogens (tertiary/aromatic N) is 1. The summed E-state index contributed by atoms with van der Waals surface area (Å²) in [4.78, 5) is 12.0. The minimum Gasteiger partial charge on any atom is -0.325 e. The summed E-state index contributed by atoms with van der Waals surface area (Å²) in [6.07, 6.45) is 0.328. The molecule has 1 aromatic heterocycles. The van der Waals surface area contributed by atoms with Gasteiger partial charge >= 0.3 is 0 Å². The SMILES string of the molecule is Cc1ccc(NC(=O)Cc2c(C)n[nH]c2C)c(Br)c1. The van der Waals surface area contributed by atoms with Crippen LogP contribution in [0.25, 0.3) is 0 Å². The lowest BCUT2D eigenvalue weighted by Gasteiger charge is -2.08. The summed E-state index contributed by atoms with van der Waals surface area (Å²) in [5.41, 5.74) is 4.70. The lowest BCUT2D eigenvalue weighted by Crippen LogP contribution is -2.15. The van der Waals surface area contributed by atoms with Gasteiger partial charge in [0.05, 0.1) is 17.8 Å². The molecule has 0 fully saturated rings. The van der Waals surface area contributed by atoms with E-state index in [1.54, 1.807) is 0 Å². The Morgan fingerprint density at radius 3 is 2.68 bits per heavy atom. The zero-order chi connectivity index (χ0) is 14.0. The van der Waals surface area contributed by atoms with E-state index in [4.69, 9.17) is 0 Å². The molecule has 0 spiro atoms. The quantitative estimate of drug-likeness (QED) is 0.911. The number of benzene rings is 1. The van der Waals surface area contributed by atoms with Crippen LogP contribution in [0.2, 0.25) is 0 Å². The maximum Gasteiger partial charge on any atom is 0.228 e. The number of aryl methyl sites for hydroxylation is 3. The van der Waals surface area contributed by atoms with Gasteiger partial charge in [-0.2, -0.15) is 5.10 Å². The van der Waals surface area contributed by atoms with Crippen molar-refractivity contribution >= 4 is 27.5 Å². The van der Waals surface area contributed by atoms with E-state index in [0.717, 1.165) is 32.7 Å². The minimum atomic E-state index is -0.0443. The number of amides is 1. The van der Waals surface area contributed by atoms with E-state index in [1.165, 1.54) is 0 Å². The third-order valence-corrected chi connectivity index (χ3v) is 3.67. The third-order valence-electron chi connectivity index (χ3n) is 3.02. The van der Waals surface area contributed by atoms with Crippen molar-refractivity contribution in [2.45, 2.75) is 27.2 Å². The van der Waals surface area contributed by atoms with Gasteiger partial charge in [0, 0.05) is 15.7 Å². The molecule has 1 heterocycles. The van der Waals surface area contributed by atoms with Crippen LogP contribution in [0.1, 0.15) is 22.5 Å². The Labute approximate surface area is 120 Å². The van der Waals surface area contributed by atoms with Crippen LogP contribution < -0.4 is 5.32 Å². The molecule has 2 rings (SSSR count). The van der Waals surface area contributed by atoms with Crippen LogP contribution in [-0.2, 0) is 11.2 Å². The Morgan fingerprint density at radius 2 is 2.11 bits per heavy atom. The standard InChI is InChI=1S/C14H16BrN3O/c1-8-4-5-13(12(15)6-8)16-14(19)7-11-9(2)17-18-10(11)3/h4-6H,7H2,1-3H3,(H,16,19)(H,17,18). The van der Waals surface area contributed by atoms with E-state index >= 15 is 0 Å². The predicted molar refractivity (Wildman–Crippen MR) is 79.3 cm³/mol. The first-order valence-corrected chi connectivity index (χ1v) is 6.83.